The van der Waals surface area contributed by atoms with Crippen molar-refractivity contribution in [3.05, 3.63) is 188 Å². The van der Waals surface area contributed by atoms with Gasteiger partial charge in [0.1, 0.15) is 0 Å². The van der Waals surface area contributed by atoms with E-state index in [1.54, 1.807) is 6.20 Å². The quantitative estimate of drug-likeness (QED) is 0.165. The first-order valence-electron chi connectivity index (χ1n) is 18.1. The van der Waals surface area contributed by atoms with Crippen LogP contribution in [0.2, 0.25) is 0 Å². The molecule has 263 valence electrons. The molecular formula is C50H37IrN3-2. The van der Waals surface area contributed by atoms with E-state index >= 15 is 0 Å². The minimum Gasteiger partial charge on any atom is -0.350 e. The van der Waals surface area contributed by atoms with Crippen LogP contribution in [0.4, 0.5) is 0 Å². The fraction of sp³-hybridized carbons (Fsp3) is 0.0800. The molecule has 6 aromatic carbocycles. The molecule has 4 heteroatoms. The van der Waals surface area contributed by atoms with Crippen LogP contribution in [-0.4, -0.2) is 14.4 Å². The van der Waals surface area contributed by atoms with Crippen molar-refractivity contribution < 1.29 is 20.1 Å². The average molecular weight is 872 g/mol. The third-order valence-electron chi connectivity index (χ3n) is 10.1. The molecule has 10 aromatic rings. The summed E-state index contributed by atoms with van der Waals surface area (Å²) in [6, 6.07) is 62.1. The molecule has 4 aromatic heterocycles. The zero-order valence-electron chi connectivity index (χ0n) is 30.3. The number of benzene rings is 6. The van der Waals surface area contributed by atoms with Gasteiger partial charge in [0.15, 0.2) is 0 Å². The molecule has 0 bridgehead atoms. The van der Waals surface area contributed by atoms with Crippen LogP contribution in [0.5, 0.6) is 0 Å². The van der Waals surface area contributed by atoms with Crippen LogP contribution < -0.4 is 0 Å². The Morgan fingerprint density at radius 3 is 1.80 bits per heavy atom. The number of hydrogen-bond acceptors (Lipinski definition) is 2. The van der Waals surface area contributed by atoms with Crippen molar-refractivity contribution in [2.24, 2.45) is 0 Å². The van der Waals surface area contributed by atoms with Crippen LogP contribution in [0.3, 0.4) is 0 Å². The van der Waals surface area contributed by atoms with Gasteiger partial charge in [0, 0.05) is 48.8 Å². The standard InChI is InChI=1S/C39H29N2.C11H8N.Ir/c1-39(2,3)30-18-19-40-35(24-30)28-15-17-37-32(21-28)34-23-29(26-12-8-5-9-13-26)22-33-31-20-27(25-10-6-4-7-11-25)14-16-36(31)41(37)38(33)34;1-2-6-10(7-3-1)11-8-4-5-9-12-11;/h4-14,16-24H,1-3H3;1-6,8-9H;/q2*-1;. The molecule has 0 N–H and O–H groups in total. The van der Waals surface area contributed by atoms with Gasteiger partial charge in [-0.1, -0.05) is 111 Å². The normalized spacial score (nSPS) is 11.5. The molecule has 0 unspecified atom stereocenters. The van der Waals surface area contributed by atoms with E-state index in [4.69, 9.17) is 4.98 Å². The number of aromatic nitrogens is 3. The average Bonchev–Trinajstić information content (AvgIpc) is 3.73. The Kier molecular flexibility index (Phi) is 9.41. The summed E-state index contributed by atoms with van der Waals surface area (Å²) in [4.78, 5) is 8.97. The van der Waals surface area contributed by atoms with Gasteiger partial charge in [0.2, 0.25) is 0 Å². The number of rotatable bonds is 4. The molecule has 0 atom stereocenters. The molecule has 0 aliphatic carbocycles. The summed E-state index contributed by atoms with van der Waals surface area (Å²) >= 11 is 0. The van der Waals surface area contributed by atoms with Gasteiger partial charge in [-0.05, 0) is 91.9 Å². The maximum atomic E-state index is 4.75. The van der Waals surface area contributed by atoms with E-state index in [0.29, 0.717) is 0 Å². The maximum Gasteiger partial charge on any atom is 0.0517 e. The first-order chi connectivity index (χ1) is 25.9. The van der Waals surface area contributed by atoms with Gasteiger partial charge in [-0.15, -0.1) is 59.7 Å². The van der Waals surface area contributed by atoms with Crippen molar-refractivity contribution in [1.82, 2.24) is 14.4 Å². The predicted octanol–water partition coefficient (Wildman–Crippen LogP) is 12.9. The van der Waals surface area contributed by atoms with Gasteiger partial charge < -0.3 is 14.4 Å². The number of fused-ring (bicyclic) bond motifs is 6. The van der Waals surface area contributed by atoms with Gasteiger partial charge in [0.25, 0.3) is 0 Å². The number of hydrogen-bond donors (Lipinski definition) is 0. The first kappa shape index (κ1) is 35.1. The Labute approximate surface area is 329 Å². The second-order valence-electron chi connectivity index (χ2n) is 14.5. The summed E-state index contributed by atoms with van der Waals surface area (Å²) in [6.45, 7) is 6.73. The Morgan fingerprint density at radius 2 is 1.13 bits per heavy atom. The van der Waals surface area contributed by atoms with Crippen LogP contribution in [0.25, 0.3) is 82.9 Å². The van der Waals surface area contributed by atoms with Crippen molar-refractivity contribution >= 4 is 38.1 Å². The largest absolute Gasteiger partial charge is 0.350 e. The van der Waals surface area contributed by atoms with Gasteiger partial charge in [0.05, 0.1) is 5.52 Å². The van der Waals surface area contributed by atoms with E-state index in [-0.39, 0.29) is 25.5 Å². The fourth-order valence-corrected chi connectivity index (χ4v) is 7.36. The molecule has 0 aliphatic heterocycles. The summed E-state index contributed by atoms with van der Waals surface area (Å²) < 4.78 is 2.43. The summed E-state index contributed by atoms with van der Waals surface area (Å²) in [5.74, 6) is 0. The molecule has 0 saturated carbocycles. The molecule has 0 saturated heterocycles. The monoisotopic (exact) mass is 872 g/mol. The summed E-state index contributed by atoms with van der Waals surface area (Å²) in [7, 11) is 0. The van der Waals surface area contributed by atoms with E-state index in [0.717, 1.165) is 22.5 Å². The van der Waals surface area contributed by atoms with Gasteiger partial charge in [-0.2, -0.15) is 0 Å². The Bertz CT molecular complexity index is 2800. The van der Waals surface area contributed by atoms with Crippen molar-refractivity contribution in [3.63, 3.8) is 0 Å². The topological polar surface area (TPSA) is 30.2 Å². The summed E-state index contributed by atoms with van der Waals surface area (Å²) in [5, 5.41) is 5.04. The molecular weight excluding hydrogens is 835 g/mol. The van der Waals surface area contributed by atoms with Gasteiger partial charge in [-0.3, -0.25) is 0 Å². The third-order valence-corrected chi connectivity index (χ3v) is 10.1. The first-order valence-corrected chi connectivity index (χ1v) is 18.1. The van der Waals surface area contributed by atoms with Crippen molar-refractivity contribution in [2.45, 2.75) is 26.2 Å². The smallest absolute Gasteiger partial charge is 0.0517 e. The van der Waals surface area contributed by atoms with E-state index < -0.39 is 0 Å². The second kappa shape index (κ2) is 14.5. The van der Waals surface area contributed by atoms with Gasteiger partial charge >= 0.3 is 0 Å². The van der Waals surface area contributed by atoms with Crippen molar-refractivity contribution in [2.75, 3.05) is 0 Å². The van der Waals surface area contributed by atoms with E-state index in [9.17, 15) is 0 Å². The predicted molar refractivity (Wildman–Crippen MR) is 221 cm³/mol. The zero-order valence-corrected chi connectivity index (χ0v) is 32.7. The van der Waals surface area contributed by atoms with E-state index in [2.05, 4.69) is 158 Å². The van der Waals surface area contributed by atoms with E-state index in [1.165, 1.54) is 65.9 Å². The van der Waals surface area contributed by atoms with Crippen LogP contribution in [0, 0.1) is 12.1 Å². The summed E-state index contributed by atoms with van der Waals surface area (Å²) in [5.41, 5.74) is 13.9. The SMILES string of the molecule is CC(C)(C)c1ccnc(-c2[c-]cc3c(c2)c2cc(-c4ccccc4)cc4c5cc(-c6ccccc6)ccc5n3c24)c1.[Ir].[c-]1ccccc1-c1ccccn1. The van der Waals surface area contributed by atoms with E-state index in [1.807, 2.05) is 48.7 Å². The van der Waals surface area contributed by atoms with Crippen LogP contribution in [-0.2, 0) is 25.5 Å². The minimum absolute atomic E-state index is 0. The Hall–Kier alpha value is -5.93. The van der Waals surface area contributed by atoms with Gasteiger partial charge in [-0.25, -0.2) is 0 Å². The summed E-state index contributed by atoms with van der Waals surface area (Å²) in [6.07, 6.45) is 3.71. The van der Waals surface area contributed by atoms with Crippen molar-refractivity contribution in [3.8, 4) is 44.8 Å². The Morgan fingerprint density at radius 1 is 0.481 bits per heavy atom. The van der Waals surface area contributed by atoms with Crippen LogP contribution in [0.1, 0.15) is 26.3 Å². The molecule has 0 fully saturated rings. The molecule has 0 spiro atoms. The molecule has 0 aliphatic rings. The molecule has 1 radical (unpaired) electrons. The maximum absolute atomic E-state index is 4.75. The molecule has 54 heavy (non-hydrogen) atoms. The fourth-order valence-electron chi connectivity index (χ4n) is 7.36. The third kappa shape index (κ3) is 6.49. The molecule has 3 nitrogen and oxygen atoms in total. The van der Waals surface area contributed by atoms with Crippen molar-refractivity contribution in [1.29, 1.82) is 0 Å². The van der Waals surface area contributed by atoms with Crippen LogP contribution >= 0.6 is 0 Å². The zero-order chi connectivity index (χ0) is 35.9. The second-order valence-corrected chi connectivity index (χ2v) is 14.5. The Balaban J connectivity index is 0.000000271. The molecule has 4 heterocycles. The minimum atomic E-state index is 0. The molecule has 0 amide bonds. The van der Waals surface area contributed by atoms with Crippen LogP contribution in [0.15, 0.2) is 170 Å². The number of pyridine rings is 2. The molecule has 10 rings (SSSR count). The number of nitrogens with zero attached hydrogens (tertiary/aromatic N) is 3.